The van der Waals surface area contributed by atoms with Gasteiger partial charge >= 0.3 is 5.97 Å². The summed E-state index contributed by atoms with van der Waals surface area (Å²) in [4.78, 5) is 10.7. The normalized spacial score (nSPS) is 9.69. The molecule has 0 aromatic heterocycles. The van der Waals surface area contributed by atoms with Crippen LogP contribution in [0.2, 0.25) is 0 Å². The first-order valence-corrected chi connectivity index (χ1v) is 5.66. The van der Waals surface area contributed by atoms with Crippen molar-refractivity contribution in [1.29, 1.82) is 0 Å². The Morgan fingerprint density at radius 1 is 1.46 bits per heavy atom. The smallest absolute Gasteiger partial charge is 0.308 e. The molecule has 0 unspecified atom stereocenters. The molecule has 0 N–H and O–H groups in total. The summed E-state index contributed by atoms with van der Waals surface area (Å²) in [6.45, 7) is 3.18. The van der Waals surface area contributed by atoms with Gasteiger partial charge in [0.15, 0.2) is 21.2 Å². The summed E-state index contributed by atoms with van der Waals surface area (Å²) < 4.78 is 16.4. The van der Waals surface area contributed by atoms with Crippen LogP contribution in [0.5, 0.6) is 5.75 Å². The molecule has 1 aromatic carbocycles. The number of halogens is 1. The summed E-state index contributed by atoms with van der Waals surface area (Å²) in [5, 5.41) is 0. The van der Waals surface area contributed by atoms with E-state index in [-0.39, 0.29) is 5.97 Å². The van der Waals surface area contributed by atoms with E-state index < -0.39 is 21.2 Å². The minimum Gasteiger partial charge on any atom is -0.425 e. The molecule has 0 fully saturated rings. The predicted octanol–water partition coefficient (Wildman–Crippen LogP) is 2.41. The lowest BCUT2D eigenvalue weighted by Gasteiger charge is -2.04. The maximum absolute atomic E-state index is 10.9. The van der Waals surface area contributed by atoms with Gasteiger partial charge < -0.3 is 4.74 Å². The second-order valence-corrected chi connectivity index (χ2v) is 4.08. The Balaban J connectivity index is 3.12. The number of carbonyl (C=O) groups excluding carboxylic acids is 1. The SMILES string of the molecule is CC(=O)Oc1cccc(C)c1I=O. The van der Waals surface area contributed by atoms with Crippen molar-refractivity contribution in [2.45, 2.75) is 13.8 Å². The van der Waals surface area contributed by atoms with E-state index in [0.29, 0.717) is 9.32 Å². The predicted molar refractivity (Wildman–Crippen MR) is 55.9 cm³/mol. The summed E-state index contributed by atoms with van der Waals surface area (Å²) in [6, 6.07) is 5.28. The maximum atomic E-state index is 10.9. The molecule has 0 aliphatic rings. The fraction of sp³-hybridized carbons (Fsp3) is 0.222. The Labute approximate surface area is 86.7 Å². The molecule has 70 valence electrons. The summed E-state index contributed by atoms with van der Waals surface area (Å²) in [7, 11) is 0. The van der Waals surface area contributed by atoms with Gasteiger partial charge in [-0.05, 0) is 18.6 Å². The number of rotatable bonds is 2. The van der Waals surface area contributed by atoms with E-state index in [1.165, 1.54) is 6.92 Å². The summed E-state index contributed by atoms with van der Waals surface area (Å²) in [6.07, 6.45) is 0. The molecule has 0 aliphatic heterocycles. The van der Waals surface area contributed by atoms with E-state index in [1.807, 2.05) is 13.0 Å². The Kier molecular flexibility index (Phi) is 3.53. The molecule has 0 heterocycles. The Bertz CT molecular complexity index is 347. The van der Waals surface area contributed by atoms with Gasteiger partial charge in [-0.1, -0.05) is 12.1 Å². The number of aryl methyl sites for hydroxylation is 1. The highest BCUT2D eigenvalue weighted by Crippen LogP contribution is 2.26. The van der Waals surface area contributed by atoms with Crippen LogP contribution in [0.1, 0.15) is 12.5 Å². The number of ether oxygens (including phenoxy) is 1. The van der Waals surface area contributed by atoms with Crippen molar-refractivity contribution in [2.24, 2.45) is 0 Å². The lowest BCUT2D eigenvalue weighted by Crippen LogP contribution is -2.03. The van der Waals surface area contributed by atoms with Gasteiger partial charge in [-0.15, -0.1) is 0 Å². The Hall–Kier alpha value is -0.780. The van der Waals surface area contributed by atoms with Crippen LogP contribution in [-0.4, -0.2) is 5.97 Å². The second-order valence-electron chi connectivity index (χ2n) is 2.56. The first-order chi connectivity index (χ1) is 6.15. The third kappa shape index (κ3) is 2.58. The van der Waals surface area contributed by atoms with E-state index in [0.717, 1.165) is 5.56 Å². The molecule has 0 spiro atoms. The highest BCUT2D eigenvalue weighted by atomic mass is 127. The topological polar surface area (TPSA) is 43.4 Å². The van der Waals surface area contributed by atoms with Crippen molar-refractivity contribution in [3.8, 4) is 5.75 Å². The van der Waals surface area contributed by atoms with E-state index in [9.17, 15) is 7.86 Å². The average molecular weight is 292 g/mol. The molecule has 0 saturated heterocycles. The average Bonchev–Trinajstić information content (AvgIpc) is 2.03. The fourth-order valence-electron chi connectivity index (χ4n) is 0.953. The van der Waals surface area contributed by atoms with Crippen molar-refractivity contribution in [3.63, 3.8) is 0 Å². The van der Waals surface area contributed by atoms with Crippen LogP contribution in [0.3, 0.4) is 0 Å². The van der Waals surface area contributed by atoms with Crippen molar-refractivity contribution in [1.82, 2.24) is 0 Å². The highest BCUT2D eigenvalue weighted by Gasteiger charge is 2.07. The quantitative estimate of drug-likeness (QED) is 0.477. The zero-order valence-electron chi connectivity index (χ0n) is 7.33. The largest absolute Gasteiger partial charge is 0.425 e. The molecule has 0 aliphatic carbocycles. The molecule has 1 rings (SSSR count). The number of hydrogen-bond acceptors (Lipinski definition) is 3. The molecule has 0 amide bonds. The molecule has 4 heteroatoms. The van der Waals surface area contributed by atoms with Gasteiger partial charge in [0.1, 0.15) is 5.75 Å². The van der Waals surface area contributed by atoms with Gasteiger partial charge in [-0.25, -0.2) is 0 Å². The lowest BCUT2D eigenvalue weighted by molar-refractivity contribution is -0.131. The summed E-state index contributed by atoms with van der Waals surface area (Å²) in [5.74, 6) is 0.0413. The van der Waals surface area contributed by atoms with Crippen LogP contribution >= 0.6 is 21.2 Å². The molecular weight excluding hydrogens is 283 g/mol. The van der Waals surface area contributed by atoms with Crippen LogP contribution in [-0.2, 0) is 7.86 Å². The molecule has 1 aromatic rings. The Morgan fingerprint density at radius 2 is 2.15 bits per heavy atom. The van der Waals surface area contributed by atoms with Crippen molar-refractivity contribution in [2.75, 3.05) is 0 Å². The molecule has 0 atom stereocenters. The van der Waals surface area contributed by atoms with Gasteiger partial charge in [-0.2, -0.15) is 0 Å². The number of benzene rings is 1. The van der Waals surface area contributed by atoms with Crippen LogP contribution in [0.15, 0.2) is 18.2 Å². The van der Waals surface area contributed by atoms with Crippen molar-refractivity contribution >= 4 is 27.2 Å². The standard InChI is InChI=1S/C9H9IO3/c1-6-4-3-5-8(9(6)10-12)13-7(2)11/h3-5H,1-2H3. The maximum Gasteiger partial charge on any atom is 0.308 e. The summed E-state index contributed by atoms with van der Waals surface area (Å²) >= 11 is -1.29. The number of hydrogen-bond donors (Lipinski definition) is 0. The van der Waals surface area contributed by atoms with Gasteiger partial charge in [0.25, 0.3) is 0 Å². The summed E-state index contributed by atoms with van der Waals surface area (Å²) in [5.41, 5.74) is 0.904. The van der Waals surface area contributed by atoms with Crippen LogP contribution in [0.25, 0.3) is 0 Å². The molecule has 0 saturated carbocycles. The molecular formula is C9H9IO3. The van der Waals surface area contributed by atoms with E-state index in [2.05, 4.69) is 0 Å². The van der Waals surface area contributed by atoms with E-state index in [4.69, 9.17) is 4.74 Å². The molecule has 0 radical (unpaired) electrons. The van der Waals surface area contributed by atoms with Gasteiger partial charge in [0, 0.05) is 6.92 Å². The van der Waals surface area contributed by atoms with E-state index >= 15 is 0 Å². The first kappa shape index (κ1) is 10.3. The number of carbonyl (C=O) groups is 1. The third-order valence-electron chi connectivity index (χ3n) is 1.49. The van der Waals surface area contributed by atoms with Crippen molar-refractivity contribution < 1.29 is 12.6 Å². The third-order valence-corrected chi connectivity index (χ3v) is 3.31. The lowest BCUT2D eigenvalue weighted by atomic mass is 10.2. The first-order valence-electron chi connectivity index (χ1n) is 3.70. The zero-order valence-corrected chi connectivity index (χ0v) is 9.49. The molecule has 3 nitrogen and oxygen atoms in total. The zero-order chi connectivity index (χ0) is 9.84. The Morgan fingerprint density at radius 3 is 2.69 bits per heavy atom. The highest BCUT2D eigenvalue weighted by molar-refractivity contribution is 14.1. The minimum absolute atomic E-state index is 0.385. The van der Waals surface area contributed by atoms with Crippen LogP contribution in [0.4, 0.5) is 0 Å². The van der Waals surface area contributed by atoms with E-state index in [1.54, 1.807) is 12.1 Å². The molecule has 13 heavy (non-hydrogen) atoms. The fourth-order valence-corrected chi connectivity index (χ4v) is 1.99. The van der Waals surface area contributed by atoms with Crippen molar-refractivity contribution in [3.05, 3.63) is 27.3 Å². The van der Waals surface area contributed by atoms with Crippen LogP contribution < -0.4 is 4.74 Å². The monoisotopic (exact) mass is 292 g/mol. The van der Waals surface area contributed by atoms with Crippen LogP contribution in [0, 0.1) is 10.5 Å². The number of esters is 1. The van der Waals surface area contributed by atoms with Gasteiger partial charge in [0.2, 0.25) is 0 Å². The second kappa shape index (κ2) is 4.45. The molecule has 0 bridgehead atoms. The van der Waals surface area contributed by atoms with Gasteiger partial charge in [0.05, 0.1) is 3.57 Å². The minimum atomic E-state index is -1.29. The van der Waals surface area contributed by atoms with Gasteiger partial charge in [-0.3, -0.25) is 7.86 Å².